The van der Waals surface area contributed by atoms with E-state index in [1.165, 1.54) is 36.3 Å². The number of esters is 1. The topological polar surface area (TPSA) is 182 Å². The van der Waals surface area contributed by atoms with Gasteiger partial charge in [0.15, 0.2) is 0 Å². The largest absolute Gasteiger partial charge is 0.481 e. The summed E-state index contributed by atoms with van der Waals surface area (Å²) in [4.78, 5) is 48.5. The fraction of sp³-hybridized carbons (Fsp3) is 0.154. The number of benzene rings is 2. The highest BCUT2D eigenvalue weighted by Crippen LogP contribution is 2.22. The Kier molecular flexibility index (Phi) is 8.76. The van der Waals surface area contributed by atoms with Gasteiger partial charge in [-0.2, -0.15) is 9.78 Å². The fourth-order valence-corrected chi connectivity index (χ4v) is 3.96. The van der Waals surface area contributed by atoms with Crippen LogP contribution in [0.25, 0.3) is 22.9 Å². The summed E-state index contributed by atoms with van der Waals surface area (Å²) in [6, 6.07) is 11.9. The molecule has 13 nitrogen and oxygen atoms in total. The van der Waals surface area contributed by atoms with E-state index in [-0.39, 0.29) is 17.7 Å². The standard InChI is InChI=1S/C26H22ClN7O6/c1-40-25(38)10-15-2-4-16(5-3-15)19-12-21(30-31-26(19)39)20(13-24(36)37)29-23(35)9-6-17-11-18(27)7-8-22(17)34-14-28-32-33-34/h2-9,11-12,14,20H,10,13H2,1H3,(H,29,35)(H,31,39)(H,36,37)/b9-6+/t20-/m0/s1. The first kappa shape index (κ1) is 27.9. The van der Waals surface area contributed by atoms with Crippen LogP contribution in [-0.4, -0.2) is 60.5 Å². The molecule has 2 heterocycles. The van der Waals surface area contributed by atoms with Crippen LogP contribution in [-0.2, 0) is 25.5 Å². The van der Waals surface area contributed by atoms with Crippen LogP contribution in [0.4, 0.5) is 0 Å². The molecule has 14 heteroatoms. The van der Waals surface area contributed by atoms with E-state index in [0.717, 1.165) is 0 Å². The Labute approximate surface area is 231 Å². The van der Waals surface area contributed by atoms with Gasteiger partial charge in [-0.25, -0.2) is 5.10 Å². The third-order valence-corrected chi connectivity index (χ3v) is 5.95. The van der Waals surface area contributed by atoms with Gasteiger partial charge in [-0.1, -0.05) is 35.9 Å². The first-order valence-electron chi connectivity index (χ1n) is 11.7. The molecule has 3 N–H and O–H groups in total. The van der Waals surface area contributed by atoms with E-state index in [2.05, 4.69) is 35.8 Å². The van der Waals surface area contributed by atoms with Crippen molar-refractivity contribution in [3.05, 3.63) is 93.1 Å². The Hall–Kier alpha value is -5.17. The molecule has 0 saturated heterocycles. The lowest BCUT2D eigenvalue weighted by Crippen LogP contribution is -2.30. The minimum Gasteiger partial charge on any atom is -0.481 e. The van der Waals surface area contributed by atoms with Crippen molar-refractivity contribution in [3.8, 4) is 16.8 Å². The van der Waals surface area contributed by atoms with Gasteiger partial charge in [-0.15, -0.1) is 5.10 Å². The fourth-order valence-electron chi connectivity index (χ4n) is 3.78. The number of aliphatic carboxylic acids is 1. The first-order chi connectivity index (χ1) is 19.2. The molecule has 4 rings (SSSR count). The molecule has 0 aliphatic heterocycles. The molecule has 0 saturated carbocycles. The Balaban J connectivity index is 1.57. The SMILES string of the molecule is COC(=O)Cc1ccc(-c2cc([C@H](CC(=O)O)NC(=O)/C=C/c3cc(Cl)ccc3-n3cnnn3)n[nH]c2=O)cc1. The quantitative estimate of drug-likeness (QED) is 0.191. The molecule has 2 aromatic heterocycles. The van der Waals surface area contributed by atoms with Crippen LogP contribution < -0.4 is 10.9 Å². The molecule has 4 aromatic rings. The normalized spacial score (nSPS) is 11.8. The average Bonchev–Trinajstić information content (AvgIpc) is 3.47. The van der Waals surface area contributed by atoms with Crippen molar-refractivity contribution >= 4 is 35.5 Å². The zero-order chi connectivity index (χ0) is 28.6. The second-order valence-electron chi connectivity index (χ2n) is 8.44. The lowest BCUT2D eigenvalue weighted by molar-refractivity contribution is -0.140. The Morgan fingerprint density at radius 1 is 1.18 bits per heavy atom. The van der Waals surface area contributed by atoms with Crippen molar-refractivity contribution in [2.24, 2.45) is 0 Å². The summed E-state index contributed by atoms with van der Waals surface area (Å²) in [5.41, 5.74) is 2.12. The molecule has 0 unspecified atom stereocenters. The number of ether oxygens (including phenoxy) is 1. The number of aromatic amines is 1. The molecule has 2 aromatic carbocycles. The van der Waals surface area contributed by atoms with Crippen LogP contribution >= 0.6 is 11.6 Å². The second-order valence-corrected chi connectivity index (χ2v) is 8.87. The number of aromatic nitrogens is 6. The number of nitrogens with one attached hydrogen (secondary N) is 2. The smallest absolute Gasteiger partial charge is 0.309 e. The summed E-state index contributed by atoms with van der Waals surface area (Å²) in [6.07, 6.45) is 3.65. The Morgan fingerprint density at radius 2 is 1.95 bits per heavy atom. The molecule has 0 aliphatic rings. The number of rotatable bonds is 10. The molecule has 1 atom stereocenters. The number of carboxylic acid groups (broad SMARTS) is 1. The van der Waals surface area contributed by atoms with Gasteiger partial charge in [0, 0.05) is 16.7 Å². The summed E-state index contributed by atoms with van der Waals surface area (Å²) in [5, 5.41) is 29.9. The maximum atomic E-state index is 12.8. The van der Waals surface area contributed by atoms with Gasteiger partial charge in [0.2, 0.25) is 5.91 Å². The number of methoxy groups -OCH3 is 1. The first-order valence-corrected chi connectivity index (χ1v) is 12.1. The number of hydrogen-bond donors (Lipinski definition) is 3. The van der Waals surface area contributed by atoms with E-state index >= 15 is 0 Å². The maximum absolute atomic E-state index is 12.8. The highest BCUT2D eigenvalue weighted by Gasteiger charge is 2.21. The zero-order valence-corrected chi connectivity index (χ0v) is 21.7. The molecular formula is C26H22ClN7O6. The van der Waals surface area contributed by atoms with Gasteiger partial charge < -0.3 is 15.2 Å². The number of amides is 1. The predicted octanol–water partition coefficient (Wildman–Crippen LogP) is 2.13. The van der Waals surface area contributed by atoms with Gasteiger partial charge >= 0.3 is 11.9 Å². The number of carboxylic acids is 1. The summed E-state index contributed by atoms with van der Waals surface area (Å²) >= 11 is 6.11. The van der Waals surface area contributed by atoms with Crippen molar-refractivity contribution < 1.29 is 24.2 Å². The van der Waals surface area contributed by atoms with Crippen LogP contribution in [0.5, 0.6) is 0 Å². The number of halogens is 1. The molecule has 204 valence electrons. The number of H-pyrrole nitrogens is 1. The predicted molar refractivity (Wildman–Crippen MR) is 142 cm³/mol. The van der Waals surface area contributed by atoms with Crippen LogP contribution in [0.3, 0.4) is 0 Å². The van der Waals surface area contributed by atoms with E-state index in [1.807, 2.05) is 0 Å². The molecule has 1 amide bonds. The molecule has 40 heavy (non-hydrogen) atoms. The van der Waals surface area contributed by atoms with Crippen LogP contribution in [0.15, 0.2) is 65.7 Å². The number of nitrogens with zero attached hydrogens (tertiary/aromatic N) is 5. The Bertz CT molecular complexity index is 1620. The summed E-state index contributed by atoms with van der Waals surface area (Å²) in [5.74, 6) is -2.21. The summed E-state index contributed by atoms with van der Waals surface area (Å²) in [7, 11) is 1.29. The van der Waals surface area contributed by atoms with Gasteiger partial charge in [0.1, 0.15) is 6.33 Å². The third kappa shape index (κ3) is 7.02. The van der Waals surface area contributed by atoms with E-state index in [9.17, 15) is 24.3 Å². The van der Waals surface area contributed by atoms with Crippen molar-refractivity contribution in [3.63, 3.8) is 0 Å². The minimum absolute atomic E-state index is 0.0708. The third-order valence-electron chi connectivity index (χ3n) is 5.72. The van der Waals surface area contributed by atoms with E-state index in [1.54, 1.807) is 42.5 Å². The summed E-state index contributed by atoms with van der Waals surface area (Å²) in [6.45, 7) is 0. The van der Waals surface area contributed by atoms with Crippen LogP contribution in [0.2, 0.25) is 5.02 Å². The molecule has 0 fully saturated rings. The van der Waals surface area contributed by atoms with Gasteiger partial charge in [0.25, 0.3) is 5.56 Å². The van der Waals surface area contributed by atoms with Crippen molar-refractivity contribution in [1.82, 2.24) is 35.7 Å². The lowest BCUT2D eigenvalue weighted by atomic mass is 10.0. The van der Waals surface area contributed by atoms with Gasteiger partial charge in [-0.05, 0) is 51.9 Å². The Morgan fingerprint density at radius 3 is 2.62 bits per heavy atom. The number of carbonyl (C=O) groups excluding carboxylic acids is 2. The van der Waals surface area contributed by atoms with Crippen LogP contribution in [0.1, 0.15) is 29.3 Å². The van der Waals surface area contributed by atoms with Gasteiger partial charge in [0.05, 0.1) is 42.9 Å². The highest BCUT2D eigenvalue weighted by atomic mass is 35.5. The number of carbonyl (C=O) groups is 3. The number of hydrogen-bond acceptors (Lipinski definition) is 9. The van der Waals surface area contributed by atoms with Crippen molar-refractivity contribution in [2.45, 2.75) is 18.9 Å². The van der Waals surface area contributed by atoms with E-state index in [4.69, 9.17) is 11.6 Å². The maximum Gasteiger partial charge on any atom is 0.309 e. The van der Waals surface area contributed by atoms with E-state index in [0.29, 0.717) is 27.4 Å². The molecule has 0 aliphatic carbocycles. The zero-order valence-electron chi connectivity index (χ0n) is 20.9. The van der Waals surface area contributed by atoms with E-state index < -0.39 is 35.9 Å². The molecule has 0 bridgehead atoms. The summed E-state index contributed by atoms with van der Waals surface area (Å²) < 4.78 is 6.06. The average molecular weight is 564 g/mol. The monoisotopic (exact) mass is 563 g/mol. The van der Waals surface area contributed by atoms with Gasteiger partial charge in [-0.3, -0.25) is 19.2 Å². The molecule has 0 radical (unpaired) electrons. The lowest BCUT2D eigenvalue weighted by Gasteiger charge is -2.16. The minimum atomic E-state index is -1.19. The second kappa shape index (κ2) is 12.6. The highest BCUT2D eigenvalue weighted by molar-refractivity contribution is 6.30. The van der Waals surface area contributed by atoms with Crippen molar-refractivity contribution in [2.75, 3.05) is 7.11 Å². The number of tetrazole rings is 1. The van der Waals surface area contributed by atoms with Crippen molar-refractivity contribution in [1.29, 1.82) is 0 Å². The molecule has 0 spiro atoms. The molecular weight excluding hydrogens is 542 g/mol. The van der Waals surface area contributed by atoms with Crippen LogP contribution in [0, 0.1) is 0 Å².